The van der Waals surface area contributed by atoms with E-state index in [0.717, 1.165) is 0 Å². The Labute approximate surface area is 85.9 Å². The average Bonchev–Trinajstić information content (AvgIpc) is 2.02. The number of carbonyl (C=O) groups excluding carboxylic acids is 1. The highest BCUT2D eigenvalue weighted by Crippen LogP contribution is 2.13. The summed E-state index contributed by atoms with van der Waals surface area (Å²) in [6, 6.07) is 1.23. The molecular weight excluding hydrogens is 210 g/mol. The third-order valence-electron chi connectivity index (χ3n) is 1.56. The molecule has 0 unspecified atom stereocenters. The molecule has 78 valence electrons. The van der Waals surface area contributed by atoms with Crippen LogP contribution in [0.4, 0.5) is 0 Å². The van der Waals surface area contributed by atoms with E-state index in [-0.39, 0.29) is 36.0 Å². The fourth-order valence-corrected chi connectivity index (χ4v) is 0.978. The van der Waals surface area contributed by atoms with Gasteiger partial charge in [-0.05, 0) is 6.92 Å². The number of ketones is 1. The molecule has 0 atom stereocenters. The van der Waals surface area contributed by atoms with Crippen molar-refractivity contribution in [1.82, 2.24) is 0 Å². The predicted octanol–water partition coefficient (Wildman–Crippen LogP) is -3.92. The molecule has 4 N–H and O–H groups in total. The van der Waals surface area contributed by atoms with Gasteiger partial charge in [-0.1, -0.05) is 0 Å². The Kier molecular flexibility index (Phi) is 4.33. The molecule has 5 nitrogen and oxygen atoms in total. The number of halogens is 1. The van der Waals surface area contributed by atoms with Gasteiger partial charge >= 0.3 is 5.63 Å². The maximum Gasteiger partial charge on any atom is 0.350 e. The second-order valence-electron chi connectivity index (χ2n) is 2.58. The van der Waals surface area contributed by atoms with Crippen molar-refractivity contribution < 1.29 is 32.5 Å². The van der Waals surface area contributed by atoms with Gasteiger partial charge in [-0.15, -0.1) is 0 Å². The van der Waals surface area contributed by atoms with E-state index in [1.165, 1.54) is 13.0 Å². The van der Waals surface area contributed by atoms with Crippen molar-refractivity contribution in [2.75, 3.05) is 6.54 Å². The van der Waals surface area contributed by atoms with Crippen LogP contribution < -0.4 is 23.8 Å². The third-order valence-corrected chi connectivity index (χ3v) is 1.56. The fraction of sp³-hybridized carbons (Fsp3) is 0.250. The lowest BCUT2D eigenvalue weighted by Gasteiger charge is -1.99. The highest BCUT2D eigenvalue weighted by atomic mass is 35.5. The first-order valence-corrected chi connectivity index (χ1v) is 3.72. The summed E-state index contributed by atoms with van der Waals surface area (Å²) in [7, 11) is 0. The maximum absolute atomic E-state index is 11.1. The normalized spacial score (nSPS) is 9.29. The maximum atomic E-state index is 11.1. The molecule has 1 aromatic rings. The first kappa shape index (κ1) is 12.7. The van der Waals surface area contributed by atoms with Gasteiger partial charge in [0, 0.05) is 6.07 Å². The zero-order valence-electron chi connectivity index (χ0n) is 7.54. The highest BCUT2D eigenvalue weighted by molar-refractivity contribution is 5.98. The SMILES string of the molecule is Cc1cc(O)c(C(=O)C[NH3+])c(=O)o1.[Cl-]. The van der Waals surface area contributed by atoms with Crippen molar-refractivity contribution in [3.63, 3.8) is 0 Å². The number of aromatic hydroxyl groups is 1. The first-order valence-electron chi connectivity index (χ1n) is 3.72. The quantitative estimate of drug-likeness (QED) is 0.497. The van der Waals surface area contributed by atoms with Gasteiger partial charge in [0.2, 0.25) is 5.78 Å². The van der Waals surface area contributed by atoms with Crippen molar-refractivity contribution in [1.29, 1.82) is 0 Å². The predicted molar refractivity (Wildman–Crippen MR) is 43.5 cm³/mol. The Bertz CT molecular complexity index is 399. The van der Waals surface area contributed by atoms with Gasteiger partial charge in [0.25, 0.3) is 0 Å². The molecule has 0 saturated heterocycles. The Hall–Kier alpha value is -1.33. The number of Topliss-reactive ketones (excluding diaryl/α,β-unsaturated/α-hetero) is 1. The summed E-state index contributed by atoms with van der Waals surface area (Å²) in [4.78, 5) is 22.2. The molecule has 0 bridgehead atoms. The molecule has 0 saturated carbocycles. The first-order chi connectivity index (χ1) is 6.06. The molecule has 1 aromatic heterocycles. The number of aryl methyl sites for hydroxylation is 1. The largest absolute Gasteiger partial charge is 1.00 e. The minimum Gasteiger partial charge on any atom is -1.00 e. The topological polar surface area (TPSA) is 95.1 Å². The number of hydrogen-bond donors (Lipinski definition) is 2. The van der Waals surface area contributed by atoms with Gasteiger partial charge in [-0.3, -0.25) is 4.79 Å². The summed E-state index contributed by atoms with van der Waals surface area (Å²) in [5.41, 5.74) is 2.19. The van der Waals surface area contributed by atoms with Gasteiger partial charge < -0.3 is 27.7 Å². The zero-order chi connectivity index (χ0) is 10.0. The van der Waals surface area contributed by atoms with E-state index >= 15 is 0 Å². The van der Waals surface area contributed by atoms with Crippen molar-refractivity contribution in [3.8, 4) is 5.75 Å². The van der Waals surface area contributed by atoms with Crippen LogP contribution in [-0.4, -0.2) is 17.4 Å². The smallest absolute Gasteiger partial charge is 0.350 e. The van der Waals surface area contributed by atoms with Crippen LogP contribution >= 0.6 is 0 Å². The summed E-state index contributed by atoms with van der Waals surface area (Å²) in [5, 5.41) is 9.27. The average molecular weight is 220 g/mol. The molecule has 14 heavy (non-hydrogen) atoms. The van der Waals surface area contributed by atoms with Crippen molar-refractivity contribution in [2.45, 2.75) is 6.92 Å². The van der Waals surface area contributed by atoms with Crippen LogP contribution in [0.2, 0.25) is 0 Å². The molecule has 0 radical (unpaired) electrons. The van der Waals surface area contributed by atoms with E-state index in [0.29, 0.717) is 0 Å². The standard InChI is InChI=1S/C8H9NO4.ClH/c1-4-2-5(10)7(6(11)3-9)8(12)13-4;/h2,10H,3,9H2,1H3;1H. The number of carbonyl (C=O) groups is 1. The van der Waals surface area contributed by atoms with Crippen LogP contribution in [0.1, 0.15) is 16.1 Å². The minimum atomic E-state index is -0.814. The van der Waals surface area contributed by atoms with E-state index in [1.54, 1.807) is 0 Å². The molecule has 0 aliphatic heterocycles. The lowest BCUT2D eigenvalue weighted by molar-refractivity contribution is -0.349. The van der Waals surface area contributed by atoms with Gasteiger partial charge in [-0.25, -0.2) is 4.79 Å². The molecule has 0 aliphatic carbocycles. The summed E-state index contributed by atoms with van der Waals surface area (Å²) < 4.78 is 4.65. The Balaban J connectivity index is 0.00000169. The second-order valence-corrected chi connectivity index (χ2v) is 2.58. The van der Waals surface area contributed by atoms with Gasteiger partial charge in [0.05, 0.1) is 0 Å². The lowest BCUT2D eigenvalue weighted by Crippen LogP contribution is -3.00. The van der Waals surface area contributed by atoms with Crippen LogP contribution in [0.5, 0.6) is 5.75 Å². The van der Waals surface area contributed by atoms with Gasteiger partial charge in [0.1, 0.15) is 18.1 Å². The Morgan fingerprint density at radius 2 is 2.21 bits per heavy atom. The van der Waals surface area contributed by atoms with Crippen molar-refractivity contribution >= 4 is 5.78 Å². The summed E-state index contributed by atoms with van der Waals surface area (Å²) in [6.07, 6.45) is 0. The van der Waals surface area contributed by atoms with Crippen LogP contribution in [0.15, 0.2) is 15.3 Å². The monoisotopic (exact) mass is 219 g/mol. The third kappa shape index (κ3) is 2.34. The van der Waals surface area contributed by atoms with E-state index in [1.807, 2.05) is 0 Å². The lowest BCUT2D eigenvalue weighted by atomic mass is 10.1. The second kappa shape index (κ2) is 4.78. The number of rotatable bonds is 2. The summed E-state index contributed by atoms with van der Waals surface area (Å²) >= 11 is 0. The van der Waals surface area contributed by atoms with Crippen molar-refractivity contribution in [3.05, 3.63) is 27.8 Å². The molecule has 1 heterocycles. The Morgan fingerprint density at radius 1 is 1.64 bits per heavy atom. The van der Waals surface area contributed by atoms with E-state index in [2.05, 4.69) is 10.2 Å². The van der Waals surface area contributed by atoms with E-state index < -0.39 is 11.4 Å². The van der Waals surface area contributed by atoms with Crippen LogP contribution in [-0.2, 0) is 0 Å². The number of hydrogen-bond acceptors (Lipinski definition) is 4. The zero-order valence-corrected chi connectivity index (χ0v) is 8.30. The van der Waals surface area contributed by atoms with Gasteiger partial charge in [0.15, 0.2) is 5.56 Å². The highest BCUT2D eigenvalue weighted by Gasteiger charge is 2.17. The van der Waals surface area contributed by atoms with E-state index in [4.69, 9.17) is 0 Å². The fourth-order valence-electron chi connectivity index (χ4n) is 0.978. The molecule has 0 aromatic carbocycles. The van der Waals surface area contributed by atoms with Crippen molar-refractivity contribution in [2.24, 2.45) is 0 Å². The minimum absolute atomic E-state index is 0. The van der Waals surface area contributed by atoms with Crippen LogP contribution in [0.3, 0.4) is 0 Å². The molecule has 0 spiro atoms. The molecule has 1 rings (SSSR count). The van der Waals surface area contributed by atoms with E-state index in [9.17, 15) is 14.7 Å². The Morgan fingerprint density at radius 3 is 2.64 bits per heavy atom. The van der Waals surface area contributed by atoms with Crippen LogP contribution in [0, 0.1) is 6.92 Å². The van der Waals surface area contributed by atoms with Gasteiger partial charge in [-0.2, -0.15) is 0 Å². The molecular formula is C8H10ClNO4. The summed E-state index contributed by atoms with van der Waals surface area (Å²) in [5.74, 6) is -0.600. The number of quaternary nitrogens is 1. The molecule has 0 amide bonds. The molecule has 0 fully saturated rings. The molecule has 0 aliphatic rings. The molecule has 6 heteroatoms. The van der Waals surface area contributed by atoms with Crippen LogP contribution in [0.25, 0.3) is 0 Å². The summed E-state index contributed by atoms with van der Waals surface area (Å²) in [6.45, 7) is 1.43.